The number of esters is 2. The molecule has 0 rings (SSSR count). The van der Waals surface area contributed by atoms with E-state index in [1.54, 1.807) is 6.92 Å². The molecule has 0 spiro atoms. The molecule has 17 heavy (non-hydrogen) atoms. The van der Waals surface area contributed by atoms with E-state index < -0.39 is 28.2 Å². The molecule has 8 heteroatoms. The third-order valence-corrected chi connectivity index (χ3v) is 2.13. The zero-order chi connectivity index (χ0) is 13.5. The first-order chi connectivity index (χ1) is 7.76. The highest BCUT2D eigenvalue weighted by Crippen LogP contribution is 2.04. The molecule has 1 atom stereocenters. The summed E-state index contributed by atoms with van der Waals surface area (Å²) >= 11 is 0. The van der Waals surface area contributed by atoms with E-state index in [0.717, 1.165) is 13.2 Å². The van der Waals surface area contributed by atoms with Gasteiger partial charge in [-0.3, -0.25) is 8.98 Å². The van der Waals surface area contributed by atoms with Gasteiger partial charge in [0.05, 0.1) is 19.5 Å². The Morgan fingerprint density at radius 2 is 1.88 bits per heavy atom. The molecule has 0 saturated carbocycles. The molecule has 0 heterocycles. The first-order valence-corrected chi connectivity index (χ1v) is 6.76. The highest BCUT2D eigenvalue weighted by molar-refractivity contribution is 7.85. The van der Waals surface area contributed by atoms with Gasteiger partial charge in [-0.15, -0.1) is 0 Å². The standard InChI is InChI=1S/C9H16O7S/c1-4-14-9(11)8(16-7(2)10)5-6-15-17(3,12)13/h8H,4-6H2,1-3H3/t8-/m0/s1. The minimum atomic E-state index is -3.58. The molecule has 0 amide bonds. The van der Waals surface area contributed by atoms with Crippen molar-refractivity contribution in [1.29, 1.82) is 0 Å². The molecule has 0 N–H and O–H groups in total. The van der Waals surface area contributed by atoms with Crippen LogP contribution in [0.15, 0.2) is 0 Å². The van der Waals surface area contributed by atoms with Crippen molar-refractivity contribution >= 4 is 22.1 Å². The molecule has 0 aliphatic carbocycles. The molecule has 0 aliphatic heterocycles. The molecule has 0 aromatic heterocycles. The Morgan fingerprint density at radius 1 is 1.29 bits per heavy atom. The van der Waals surface area contributed by atoms with Gasteiger partial charge in [0.15, 0.2) is 0 Å². The fourth-order valence-electron chi connectivity index (χ4n) is 0.967. The second-order valence-electron chi connectivity index (χ2n) is 3.16. The highest BCUT2D eigenvalue weighted by Gasteiger charge is 2.23. The summed E-state index contributed by atoms with van der Waals surface area (Å²) in [5.74, 6) is -1.37. The third-order valence-electron chi connectivity index (χ3n) is 1.54. The second kappa shape index (κ2) is 7.23. The van der Waals surface area contributed by atoms with E-state index >= 15 is 0 Å². The maximum atomic E-state index is 11.3. The maximum absolute atomic E-state index is 11.3. The van der Waals surface area contributed by atoms with Crippen LogP contribution in [0.3, 0.4) is 0 Å². The van der Waals surface area contributed by atoms with Gasteiger partial charge in [-0.1, -0.05) is 0 Å². The average molecular weight is 268 g/mol. The van der Waals surface area contributed by atoms with E-state index in [1.807, 2.05) is 0 Å². The lowest BCUT2D eigenvalue weighted by atomic mass is 10.2. The van der Waals surface area contributed by atoms with E-state index in [4.69, 9.17) is 4.74 Å². The van der Waals surface area contributed by atoms with Gasteiger partial charge in [0.2, 0.25) is 6.10 Å². The van der Waals surface area contributed by atoms with Crippen LogP contribution in [0, 0.1) is 0 Å². The first-order valence-electron chi connectivity index (χ1n) is 4.94. The lowest BCUT2D eigenvalue weighted by molar-refractivity contribution is -0.167. The molecule has 0 aromatic carbocycles. The Morgan fingerprint density at radius 3 is 2.29 bits per heavy atom. The molecule has 0 aromatic rings. The summed E-state index contributed by atoms with van der Waals surface area (Å²) in [6.07, 6.45) is -0.335. The fraction of sp³-hybridized carbons (Fsp3) is 0.778. The monoisotopic (exact) mass is 268 g/mol. The van der Waals surface area contributed by atoms with Crippen molar-refractivity contribution in [3.05, 3.63) is 0 Å². The van der Waals surface area contributed by atoms with Crippen LogP contribution in [0.5, 0.6) is 0 Å². The number of hydrogen-bond acceptors (Lipinski definition) is 7. The van der Waals surface area contributed by atoms with Crippen molar-refractivity contribution in [2.45, 2.75) is 26.4 Å². The van der Waals surface area contributed by atoms with Crippen molar-refractivity contribution in [2.75, 3.05) is 19.5 Å². The van der Waals surface area contributed by atoms with Crippen LogP contribution in [0.2, 0.25) is 0 Å². The molecule has 0 bridgehead atoms. The Bertz CT molecular complexity index is 360. The van der Waals surface area contributed by atoms with Crippen molar-refractivity contribution < 1.29 is 31.7 Å². The van der Waals surface area contributed by atoms with Crippen molar-refractivity contribution in [3.8, 4) is 0 Å². The quantitative estimate of drug-likeness (QED) is 0.468. The molecular formula is C9H16O7S. The summed E-state index contributed by atoms with van der Waals surface area (Å²) in [6.45, 7) is 2.64. The van der Waals surface area contributed by atoms with Gasteiger partial charge in [-0.05, 0) is 6.92 Å². The minimum Gasteiger partial charge on any atom is -0.463 e. The van der Waals surface area contributed by atoms with Gasteiger partial charge in [-0.25, -0.2) is 4.79 Å². The minimum absolute atomic E-state index is 0.0779. The zero-order valence-corrected chi connectivity index (χ0v) is 10.8. The van der Waals surface area contributed by atoms with E-state index in [1.165, 1.54) is 0 Å². The molecule has 0 fully saturated rings. The molecule has 0 saturated heterocycles. The Balaban J connectivity index is 4.29. The Kier molecular flexibility index (Phi) is 6.74. The average Bonchev–Trinajstić information content (AvgIpc) is 2.14. The van der Waals surface area contributed by atoms with Crippen LogP contribution >= 0.6 is 0 Å². The summed E-state index contributed by atoms with van der Waals surface area (Å²) in [4.78, 5) is 22.1. The van der Waals surface area contributed by atoms with Crippen LogP contribution < -0.4 is 0 Å². The van der Waals surface area contributed by atoms with Crippen LogP contribution in [0.1, 0.15) is 20.3 Å². The van der Waals surface area contributed by atoms with E-state index in [9.17, 15) is 18.0 Å². The van der Waals surface area contributed by atoms with Crippen molar-refractivity contribution in [2.24, 2.45) is 0 Å². The predicted molar refractivity (Wildman–Crippen MR) is 57.6 cm³/mol. The smallest absolute Gasteiger partial charge is 0.347 e. The van der Waals surface area contributed by atoms with Crippen molar-refractivity contribution in [1.82, 2.24) is 0 Å². The first kappa shape index (κ1) is 15.9. The second-order valence-corrected chi connectivity index (χ2v) is 4.81. The third kappa shape index (κ3) is 8.64. The molecule has 0 unspecified atom stereocenters. The summed E-state index contributed by atoms with van der Waals surface area (Å²) < 4.78 is 35.2. The van der Waals surface area contributed by atoms with E-state index in [-0.39, 0.29) is 19.6 Å². The molecule has 0 aliphatic rings. The maximum Gasteiger partial charge on any atom is 0.347 e. The van der Waals surface area contributed by atoms with Gasteiger partial charge in [0.1, 0.15) is 0 Å². The van der Waals surface area contributed by atoms with Gasteiger partial charge in [0, 0.05) is 13.3 Å². The molecule has 7 nitrogen and oxygen atoms in total. The van der Waals surface area contributed by atoms with Crippen LogP contribution in [-0.2, 0) is 33.4 Å². The number of rotatable bonds is 7. The SMILES string of the molecule is CCOC(=O)[C@H](CCOS(C)(=O)=O)OC(C)=O. The Hall–Kier alpha value is -1.15. The van der Waals surface area contributed by atoms with Crippen LogP contribution in [0.4, 0.5) is 0 Å². The van der Waals surface area contributed by atoms with Gasteiger partial charge in [-0.2, -0.15) is 8.42 Å². The van der Waals surface area contributed by atoms with Crippen LogP contribution in [0.25, 0.3) is 0 Å². The number of ether oxygens (including phenoxy) is 2. The fourth-order valence-corrected chi connectivity index (χ4v) is 1.37. The molecular weight excluding hydrogens is 252 g/mol. The van der Waals surface area contributed by atoms with Gasteiger partial charge in [0.25, 0.3) is 10.1 Å². The largest absolute Gasteiger partial charge is 0.463 e. The highest BCUT2D eigenvalue weighted by atomic mass is 32.2. The van der Waals surface area contributed by atoms with E-state index in [2.05, 4.69) is 8.92 Å². The zero-order valence-electron chi connectivity index (χ0n) is 9.96. The number of hydrogen-bond donors (Lipinski definition) is 0. The van der Waals surface area contributed by atoms with Gasteiger partial charge >= 0.3 is 11.9 Å². The van der Waals surface area contributed by atoms with E-state index in [0.29, 0.717) is 0 Å². The normalized spacial score (nSPS) is 12.9. The summed E-state index contributed by atoms with van der Waals surface area (Å²) in [5.41, 5.74) is 0. The lowest BCUT2D eigenvalue weighted by Gasteiger charge is -2.14. The predicted octanol–water partition coefficient (Wildman–Crippen LogP) is -0.153. The topological polar surface area (TPSA) is 96.0 Å². The van der Waals surface area contributed by atoms with Crippen LogP contribution in [-0.4, -0.2) is 45.9 Å². The lowest BCUT2D eigenvalue weighted by Crippen LogP contribution is -2.30. The number of carbonyl (C=O) groups excluding carboxylic acids is 2. The Labute approximate surface area is 100 Å². The summed E-state index contributed by atoms with van der Waals surface area (Å²) in [5, 5.41) is 0. The molecule has 0 radical (unpaired) electrons. The summed E-state index contributed by atoms with van der Waals surface area (Å²) in [7, 11) is -3.58. The molecule has 100 valence electrons. The summed E-state index contributed by atoms with van der Waals surface area (Å²) in [6, 6.07) is 0. The number of carbonyl (C=O) groups is 2. The van der Waals surface area contributed by atoms with Gasteiger partial charge < -0.3 is 9.47 Å². The van der Waals surface area contributed by atoms with Crippen molar-refractivity contribution in [3.63, 3.8) is 0 Å².